The summed E-state index contributed by atoms with van der Waals surface area (Å²) in [5, 5.41) is 1.96. The molecule has 5 heteroatoms. The summed E-state index contributed by atoms with van der Waals surface area (Å²) in [4.78, 5) is 0. The summed E-state index contributed by atoms with van der Waals surface area (Å²) in [6.45, 7) is 0. The normalized spacial score (nSPS) is 18.2. The molecule has 100 valence electrons. The smallest absolute Gasteiger partial charge is 0.0595 e. The fourth-order valence-corrected chi connectivity index (χ4v) is 3.98. The first-order valence-electron chi connectivity index (χ1n) is 6.23. The van der Waals surface area contributed by atoms with Gasteiger partial charge in [-0.15, -0.1) is 0 Å². The van der Waals surface area contributed by atoms with Crippen molar-refractivity contribution in [2.24, 2.45) is 5.84 Å². The number of nitrogens with one attached hydrogen (secondary N) is 1. The second-order valence-electron chi connectivity index (χ2n) is 4.63. The molecule has 0 bridgehead atoms. The Kier molecular flexibility index (Phi) is 5.64. The van der Waals surface area contributed by atoms with E-state index in [2.05, 4.69) is 5.43 Å². The van der Waals surface area contributed by atoms with E-state index in [1.807, 2.05) is 30.0 Å². The van der Waals surface area contributed by atoms with E-state index >= 15 is 0 Å². The Bertz CT molecular complexity index is 395. The van der Waals surface area contributed by atoms with E-state index in [0.29, 0.717) is 10.0 Å². The molecule has 2 rings (SSSR count). The minimum atomic E-state index is 0.130. The number of benzene rings is 1. The fourth-order valence-electron chi connectivity index (χ4n) is 2.26. The lowest BCUT2D eigenvalue weighted by Gasteiger charge is -2.18. The first kappa shape index (κ1) is 14.5. The highest BCUT2D eigenvalue weighted by Crippen LogP contribution is 2.33. The average Bonchev–Trinajstić information content (AvgIpc) is 2.87. The Morgan fingerprint density at radius 1 is 1.28 bits per heavy atom. The molecule has 1 atom stereocenters. The van der Waals surface area contributed by atoms with Crippen LogP contribution in [0.3, 0.4) is 0 Å². The molecule has 18 heavy (non-hydrogen) atoms. The number of thioether (sulfide) groups is 1. The van der Waals surface area contributed by atoms with Gasteiger partial charge in [0.1, 0.15) is 0 Å². The SMILES string of the molecule is NNC(CSC1CCCC1)c1ccc(Cl)c(Cl)c1. The van der Waals surface area contributed by atoms with Crippen molar-refractivity contribution in [2.75, 3.05) is 5.75 Å². The Hall–Kier alpha value is 0.0700. The van der Waals surface area contributed by atoms with Crippen LogP contribution in [0, 0.1) is 0 Å². The van der Waals surface area contributed by atoms with E-state index in [9.17, 15) is 0 Å². The number of nitrogens with two attached hydrogens (primary N) is 1. The summed E-state index contributed by atoms with van der Waals surface area (Å²) < 4.78 is 0. The third-order valence-corrected chi connectivity index (χ3v) is 5.56. The standard InChI is InChI=1S/C13H18Cl2N2S/c14-11-6-5-9(7-12(11)15)13(17-16)8-18-10-3-1-2-4-10/h5-7,10,13,17H,1-4,8,16H2. The number of hydrazine groups is 1. The van der Waals surface area contributed by atoms with E-state index in [4.69, 9.17) is 29.0 Å². The van der Waals surface area contributed by atoms with Gasteiger partial charge in [0.05, 0.1) is 16.1 Å². The third kappa shape index (κ3) is 3.78. The molecule has 3 N–H and O–H groups in total. The maximum Gasteiger partial charge on any atom is 0.0595 e. The van der Waals surface area contributed by atoms with E-state index in [0.717, 1.165) is 16.6 Å². The Labute approximate surface area is 123 Å². The molecule has 1 unspecified atom stereocenters. The number of hydrogen-bond donors (Lipinski definition) is 2. The van der Waals surface area contributed by atoms with Crippen LogP contribution in [-0.2, 0) is 0 Å². The minimum Gasteiger partial charge on any atom is -0.271 e. The summed E-state index contributed by atoms with van der Waals surface area (Å²) in [6, 6.07) is 5.83. The van der Waals surface area contributed by atoms with Gasteiger partial charge in [-0.25, -0.2) is 0 Å². The molecule has 2 nitrogen and oxygen atoms in total. The highest BCUT2D eigenvalue weighted by molar-refractivity contribution is 7.99. The predicted molar refractivity (Wildman–Crippen MR) is 81.2 cm³/mol. The lowest BCUT2D eigenvalue weighted by atomic mass is 10.1. The van der Waals surface area contributed by atoms with Crippen LogP contribution in [0.1, 0.15) is 37.3 Å². The number of rotatable bonds is 5. The van der Waals surface area contributed by atoms with Crippen molar-refractivity contribution in [3.05, 3.63) is 33.8 Å². The molecule has 1 fully saturated rings. The predicted octanol–water partition coefficient (Wildman–Crippen LogP) is 4.17. The van der Waals surface area contributed by atoms with Crippen molar-refractivity contribution in [3.8, 4) is 0 Å². The molecule has 1 saturated carbocycles. The average molecular weight is 305 g/mol. The van der Waals surface area contributed by atoms with E-state index in [-0.39, 0.29) is 6.04 Å². The van der Waals surface area contributed by atoms with Crippen molar-refractivity contribution in [1.29, 1.82) is 0 Å². The second-order valence-corrected chi connectivity index (χ2v) is 6.78. The zero-order valence-electron chi connectivity index (χ0n) is 10.2. The van der Waals surface area contributed by atoms with Gasteiger partial charge in [-0.05, 0) is 30.5 Å². The van der Waals surface area contributed by atoms with Crippen LogP contribution >= 0.6 is 35.0 Å². The van der Waals surface area contributed by atoms with Gasteiger partial charge in [-0.1, -0.05) is 42.1 Å². The highest BCUT2D eigenvalue weighted by atomic mass is 35.5. The van der Waals surface area contributed by atoms with Gasteiger partial charge >= 0.3 is 0 Å². The topological polar surface area (TPSA) is 38.0 Å². The van der Waals surface area contributed by atoms with E-state index < -0.39 is 0 Å². The maximum atomic E-state index is 6.03. The number of hydrogen-bond acceptors (Lipinski definition) is 3. The van der Waals surface area contributed by atoms with Crippen LogP contribution < -0.4 is 11.3 Å². The Balaban J connectivity index is 1.96. The van der Waals surface area contributed by atoms with Crippen molar-refractivity contribution in [1.82, 2.24) is 5.43 Å². The Morgan fingerprint density at radius 3 is 2.61 bits per heavy atom. The fraction of sp³-hybridized carbons (Fsp3) is 0.538. The molecule has 0 amide bonds. The van der Waals surface area contributed by atoms with Gasteiger partial charge in [0.25, 0.3) is 0 Å². The molecule has 0 spiro atoms. The minimum absolute atomic E-state index is 0.130. The lowest BCUT2D eigenvalue weighted by Crippen LogP contribution is -2.30. The van der Waals surface area contributed by atoms with Gasteiger partial charge in [0.15, 0.2) is 0 Å². The number of halogens is 2. The summed E-state index contributed by atoms with van der Waals surface area (Å²) in [5.41, 5.74) is 3.96. The van der Waals surface area contributed by atoms with Crippen molar-refractivity contribution in [2.45, 2.75) is 37.0 Å². The van der Waals surface area contributed by atoms with Crippen LogP contribution in [-0.4, -0.2) is 11.0 Å². The van der Waals surface area contributed by atoms with Crippen LogP contribution in [0.15, 0.2) is 18.2 Å². The molecule has 0 saturated heterocycles. The van der Waals surface area contributed by atoms with E-state index in [1.165, 1.54) is 25.7 Å². The quantitative estimate of drug-likeness (QED) is 0.633. The van der Waals surface area contributed by atoms with Gasteiger partial charge in [-0.3, -0.25) is 11.3 Å². The molecule has 1 aromatic rings. The molecule has 0 aliphatic heterocycles. The molecular weight excluding hydrogens is 287 g/mol. The molecule has 0 heterocycles. The highest BCUT2D eigenvalue weighted by Gasteiger charge is 2.18. The summed E-state index contributed by atoms with van der Waals surface area (Å²) in [6.07, 6.45) is 5.41. The van der Waals surface area contributed by atoms with Gasteiger partial charge in [0.2, 0.25) is 0 Å². The van der Waals surface area contributed by atoms with Crippen molar-refractivity contribution < 1.29 is 0 Å². The summed E-state index contributed by atoms with van der Waals surface area (Å²) in [7, 11) is 0. The van der Waals surface area contributed by atoms with Crippen LogP contribution in [0.5, 0.6) is 0 Å². The van der Waals surface area contributed by atoms with Gasteiger partial charge in [-0.2, -0.15) is 11.8 Å². The largest absolute Gasteiger partial charge is 0.271 e. The molecule has 0 aromatic heterocycles. The zero-order valence-corrected chi connectivity index (χ0v) is 12.5. The molecule has 0 radical (unpaired) electrons. The van der Waals surface area contributed by atoms with Crippen molar-refractivity contribution >= 4 is 35.0 Å². The van der Waals surface area contributed by atoms with Gasteiger partial charge in [0, 0.05) is 11.0 Å². The maximum absolute atomic E-state index is 6.03. The molecule has 1 aromatic carbocycles. The lowest BCUT2D eigenvalue weighted by molar-refractivity contribution is 0.609. The van der Waals surface area contributed by atoms with Crippen LogP contribution in [0.2, 0.25) is 10.0 Å². The first-order chi connectivity index (χ1) is 8.70. The van der Waals surface area contributed by atoms with Gasteiger partial charge < -0.3 is 0 Å². The first-order valence-corrected chi connectivity index (χ1v) is 8.04. The molecular formula is C13H18Cl2N2S. The molecule has 1 aliphatic carbocycles. The zero-order chi connectivity index (χ0) is 13.0. The van der Waals surface area contributed by atoms with Crippen molar-refractivity contribution in [3.63, 3.8) is 0 Å². The summed E-state index contributed by atoms with van der Waals surface area (Å²) in [5.74, 6) is 6.61. The van der Waals surface area contributed by atoms with E-state index in [1.54, 1.807) is 0 Å². The second kappa shape index (κ2) is 7.01. The third-order valence-electron chi connectivity index (χ3n) is 3.35. The monoisotopic (exact) mass is 304 g/mol. The van der Waals surface area contributed by atoms with Crippen LogP contribution in [0.4, 0.5) is 0 Å². The van der Waals surface area contributed by atoms with Crippen LogP contribution in [0.25, 0.3) is 0 Å². The molecule has 1 aliphatic rings. The summed E-state index contributed by atoms with van der Waals surface area (Å²) >= 11 is 14.0. The Morgan fingerprint density at radius 2 is 2.00 bits per heavy atom.